The number of ether oxygens (including phenoxy) is 1. The number of nitrogens with one attached hydrogen (secondary N) is 1. The highest BCUT2D eigenvalue weighted by Gasteiger charge is 2.29. The van der Waals surface area contributed by atoms with E-state index in [9.17, 15) is 13.2 Å². The van der Waals surface area contributed by atoms with Gasteiger partial charge in [-0.05, 0) is 48.7 Å². The van der Waals surface area contributed by atoms with Gasteiger partial charge in [0.15, 0.2) is 0 Å². The van der Waals surface area contributed by atoms with Crippen LogP contribution in [0.25, 0.3) is 0 Å². The van der Waals surface area contributed by atoms with Gasteiger partial charge in [0, 0.05) is 11.6 Å². The van der Waals surface area contributed by atoms with Crippen LogP contribution in [0.2, 0.25) is 5.02 Å². The van der Waals surface area contributed by atoms with E-state index in [1.54, 1.807) is 31.2 Å². The van der Waals surface area contributed by atoms with E-state index in [-0.39, 0.29) is 13.0 Å². The Balaban J connectivity index is 1.73. The lowest BCUT2D eigenvalue weighted by atomic mass is 10.0. The monoisotopic (exact) mass is 408 g/mol. The average Bonchev–Trinajstić information content (AvgIpc) is 2.98. The first-order valence-electron chi connectivity index (χ1n) is 8.60. The molecule has 6 nitrogen and oxygen atoms in total. The number of nitrogens with zero attached hydrogens (tertiary/aromatic N) is 1. The molecule has 0 spiro atoms. The summed E-state index contributed by atoms with van der Waals surface area (Å²) in [6.07, 6.45) is -0.569. The third-order valence-electron chi connectivity index (χ3n) is 4.47. The third kappa shape index (κ3) is 4.26. The van der Waals surface area contributed by atoms with E-state index in [4.69, 9.17) is 16.3 Å². The number of benzene rings is 2. The molecule has 3 rings (SSSR count). The zero-order valence-corrected chi connectivity index (χ0v) is 16.7. The van der Waals surface area contributed by atoms with E-state index in [1.807, 2.05) is 25.1 Å². The van der Waals surface area contributed by atoms with E-state index in [1.165, 1.54) is 4.31 Å². The van der Waals surface area contributed by atoms with Crippen molar-refractivity contribution in [2.24, 2.45) is 0 Å². The van der Waals surface area contributed by atoms with Gasteiger partial charge in [-0.2, -0.15) is 8.42 Å². The number of para-hydroxylation sites is 1. The van der Waals surface area contributed by atoms with Crippen molar-refractivity contribution in [2.75, 3.05) is 10.8 Å². The number of fused-ring (bicyclic) bond motifs is 1. The van der Waals surface area contributed by atoms with Crippen molar-refractivity contribution in [1.82, 2.24) is 4.72 Å². The van der Waals surface area contributed by atoms with Crippen molar-refractivity contribution in [3.63, 3.8) is 0 Å². The maximum atomic E-state index is 12.7. The molecule has 0 fully saturated rings. The Hall–Kier alpha value is -2.09. The molecule has 1 aliphatic rings. The van der Waals surface area contributed by atoms with E-state index in [0.717, 1.165) is 16.7 Å². The smallest absolute Gasteiger partial charge is 0.326 e. The normalized spacial score (nSPS) is 16.0. The number of carbonyl (C=O) groups is 1. The second kappa shape index (κ2) is 7.88. The highest BCUT2D eigenvalue weighted by molar-refractivity contribution is 7.91. The number of hydrogen-bond acceptors (Lipinski definition) is 4. The fraction of sp³-hybridized carbons (Fsp3) is 0.316. The summed E-state index contributed by atoms with van der Waals surface area (Å²) in [5.41, 5.74) is 3.12. The van der Waals surface area contributed by atoms with Crippen molar-refractivity contribution in [3.8, 4) is 0 Å². The van der Waals surface area contributed by atoms with Crippen LogP contribution in [0.3, 0.4) is 0 Å². The SMILES string of the molecule is CCN(c1ccccc1C)S(=O)(=O)NC(=O)CC1OCc2cc(Cl)ccc21. The Kier molecular flexibility index (Phi) is 5.74. The van der Waals surface area contributed by atoms with Crippen LogP contribution in [0.15, 0.2) is 42.5 Å². The lowest BCUT2D eigenvalue weighted by Crippen LogP contribution is -2.44. The summed E-state index contributed by atoms with van der Waals surface area (Å²) in [6, 6.07) is 12.5. The van der Waals surface area contributed by atoms with Gasteiger partial charge in [-0.3, -0.25) is 9.10 Å². The van der Waals surface area contributed by atoms with E-state index in [2.05, 4.69) is 4.72 Å². The summed E-state index contributed by atoms with van der Waals surface area (Å²) < 4.78 is 34.4. The molecule has 1 unspecified atom stereocenters. The van der Waals surface area contributed by atoms with Gasteiger partial charge in [-0.1, -0.05) is 35.9 Å². The first kappa shape index (κ1) is 19.7. The molecule has 1 aliphatic heterocycles. The Labute approximate surface area is 164 Å². The Morgan fingerprint density at radius 3 is 2.74 bits per heavy atom. The second-order valence-electron chi connectivity index (χ2n) is 6.33. The summed E-state index contributed by atoms with van der Waals surface area (Å²) in [7, 11) is -4.02. The van der Waals surface area contributed by atoms with Crippen LogP contribution in [0.4, 0.5) is 5.69 Å². The van der Waals surface area contributed by atoms with Crippen LogP contribution < -0.4 is 9.03 Å². The van der Waals surface area contributed by atoms with Crippen LogP contribution in [0.5, 0.6) is 0 Å². The first-order chi connectivity index (χ1) is 12.8. The Morgan fingerprint density at radius 2 is 2.04 bits per heavy atom. The number of aryl methyl sites for hydroxylation is 1. The highest BCUT2D eigenvalue weighted by atomic mass is 35.5. The van der Waals surface area contributed by atoms with Gasteiger partial charge >= 0.3 is 10.2 Å². The molecule has 2 aromatic rings. The number of amides is 1. The van der Waals surface area contributed by atoms with E-state index in [0.29, 0.717) is 17.3 Å². The number of rotatable bonds is 6. The standard InChI is InChI=1S/C19H21ClN2O4S/c1-3-22(17-7-5-4-6-13(17)2)27(24,25)21-19(23)11-18-16-9-8-15(20)10-14(16)12-26-18/h4-10,18H,3,11-12H2,1-2H3,(H,21,23). The van der Waals surface area contributed by atoms with Crippen molar-refractivity contribution in [2.45, 2.75) is 33.0 Å². The van der Waals surface area contributed by atoms with Crippen molar-refractivity contribution in [3.05, 3.63) is 64.2 Å². The first-order valence-corrected chi connectivity index (χ1v) is 10.4. The lowest BCUT2D eigenvalue weighted by Gasteiger charge is -2.24. The number of carbonyl (C=O) groups excluding carboxylic acids is 1. The minimum atomic E-state index is -4.02. The molecule has 144 valence electrons. The summed E-state index contributed by atoms with van der Waals surface area (Å²) in [6.45, 7) is 4.10. The summed E-state index contributed by atoms with van der Waals surface area (Å²) in [4.78, 5) is 12.4. The van der Waals surface area contributed by atoms with Crippen LogP contribution in [0, 0.1) is 6.92 Å². The van der Waals surface area contributed by atoms with Crippen molar-refractivity contribution < 1.29 is 17.9 Å². The fourth-order valence-corrected chi connectivity index (χ4v) is 4.66. The van der Waals surface area contributed by atoms with E-state index >= 15 is 0 Å². The number of anilines is 1. The lowest BCUT2D eigenvalue weighted by molar-refractivity contribution is -0.122. The summed E-state index contributed by atoms with van der Waals surface area (Å²) in [5.74, 6) is -0.616. The molecule has 0 saturated heterocycles. The molecule has 27 heavy (non-hydrogen) atoms. The number of halogens is 1. The van der Waals surface area contributed by atoms with Gasteiger partial charge in [0.1, 0.15) is 0 Å². The molecule has 2 aromatic carbocycles. The van der Waals surface area contributed by atoms with Crippen molar-refractivity contribution >= 4 is 33.4 Å². The molecule has 1 heterocycles. The zero-order chi connectivity index (χ0) is 19.6. The van der Waals surface area contributed by atoms with Gasteiger partial charge in [-0.15, -0.1) is 0 Å². The van der Waals surface area contributed by atoms with Gasteiger partial charge < -0.3 is 4.74 Å². The summed E-state index contributed by atoms with van der Waals surface area (Å²) in [5, 5.41) is 0.599. The molecule has 0 radical (unpaired) electrons. The third-order valence-corrected chi connectivity index (χ3v) is 6.22. The molecule has 0 bridgehead atoms. The molecule has 0 aromatic heterocycles. The van der Waals surface area contributed by atoms with Crippen LogP contribution in [0.1, 0.15) is 36.1 Å². The summed E-state index contributed by atoms with van der Waals surface area (Å²) >= 11 is 5.97. The molecule has 1 atom stereocenters. The molecular formula is C19H21ClN2O4S. The maximum absolute atomic E-state index is 12.7. The molecule has 1 amide bonds. The van der Waals surface area contributed by atoms with Crippen LogP contribution in [-0.4, -0.2) is 20.9 Å². The Bertz CT molecular complexity index is 962. The van der Waals surface area contributed by atoms with Gasteiger partial charge in [0.2, 0.25) is 5.91 Å². The molecule has 1 N–H and O–H groups in total. The quantitative estimate of drug-likeness (QED) is 0.793. The van der Waals surface area contributed by atoms with Gasteiger partial charge in [0.25, 0.3) is 0 Å². The fourth-order valence-electron chi connectivity index (χ4n) is 3.18. The minimum Gasteiger partial charge on any atom is -0.368 e. The molecular weight excluding hydrogens is 388 g/mol. The predicted octanol–water partition coefficient (Wildman–Crippen LogP) is 3.50. The molecule has 0 aliphatic carbocycles. The van der Waals surface area contributed by atoms with Crippen LogP contribution >= 0.6 is 11.6 Å². The van der Waals surface area contributed by atoms with Gasteiger partial charge in [0.05, 0.1) is 24.8 Å². The number of hydrogen-bond donors (Lipinski definition) is 1. The average molecular weight is 409 g/mol. The minimum absolute atomic E-state index is 0.0841. The molecule has 0 saturated carbocycles. The molecule has 8 heteroatoms. The van der Waals surface area contributed by atoms with Crippen LogP contribution in [-0.2, 0) is 26.3 Å². The second-order valence-corrected chi connectivity index (χ2v) is 8.36. The van der Waals surface area contributed by atoms with Gasteiger partial charge in [-0.25, -0.2) is 4.72 Å². The van der Waals surface area contributed by atoms with E-state index < -0.39 is 22.2 Å². The zero-order valence-electron chi connectivity index (χ0n) is 15.1. The maximum Gasteiger partial charge on any atom is 0.326 e. The predicted molar refractivity (Wildman–Crippen MR) is 105 cm³/mol. The largest absolute Gasteiger partial charge is 0.368 e. The Morgan fingerprint density at radius 1 is 1.30 bits per heavy atom. The van der Waals surface area contributed by atoms with Crippen molar-refractivity contribution in [1.29, 1.82) is 0 Å². The highest BCUT2D eigenvalue weighted by Crippen LogP contribution is 2.34. The topological polar surface area (TPSA) is 75.7 Å².